The Bertz CT molecular complexity index is 368. The van der Waals surface area contributed by atoms with E-state index >= 15 is 0 Å². The summed E-state index contributed by atoms with van der Waals surface area (Å²) in [4.78, 5) is 0. The topological polar surface area (TPSA) is 21.3 Å². The third kappa shape index (κ3) is 5.64. The van der Waals surface area contributed by atoms with Crippen LogP contribution in [0.25, 0.3) is 0 Å². The molecule has 1 rings (SSSR count). The number of halogens is 1. The zero-order valence-electron chi connectivity index (χ0n) is 12.4. The van der Waals surface area contributed by atoms with E-state index in [9.17, 15) is 0 Å². The standard InChI is InChI=1S/C16H26BrNO/c1-5-15(13-8-7-9-14(17)10-13)18-16(12(3)4)11-19-6-2/h7-10,12,15-16,18H,5-6,11H2,1-4H3. The van der Waals surface area contributed by atoms with Crippen LogP contribution >= 0.6 is 15.9 Å². The van der Waals surface area contributed by atoms with E-state index in [1.165, 1.54) is 5.56 Å². The van der Waals surface area contributed by atoms with Crippen molar-refractivity contribution in [2.24, 2.45) is 5.92 Å². The summed E-state index contributed by atoms with van der Waals surface area (Å²) in [7, 11) is 0. The molecule has 0 radical (unpaired) electrons. The number of nitrogens with one attached hydrogen (secondary N) is 1. The molecule has 2 unspecified atom stereocenters. The molecule has 0 bridgehead atoms. The number of benzene rings is 1. The molecule has 3 heteroatoms. The Balaban J connectivity index is 2.73. The molecule has 1 N–H and O–H groups in total. The van der Waals surface area contributed by atoms with Crippen LogP contribution in [0.5, 0.6) is 0 Å². The van der Waals surface area contributed by atoms with Crippen molar-refractivity contribution in [2.75, 3.05) is 13.2 Å². The van der Waals surface area contributed by atoms with Crippen molar-refractivity contribution in [3.05, 3.63) is 34.3 Å². The second kappa shape index (κ2) is 8.72. The largest absolute Gasteiger partial charge is 0.380 e. The van der Waals surface area contributed by atoms with E-state index in [4.69, 9.17) is 4.74 Å². The normalized spacial score (nSPS) is 14.6. The molecule has 0 heterocycles. The van der Waals surface area contributed by atoms with Gasteiger partial charge in [-0.2, -0.15) is 0 Å². The minimum atomic E-state index is 0.380. The van der Waals surface area contributed by atoms with Gasteiger partial charge in [0.2, 0.25) is 0 Å². The second-order valence-electron chi connectivity index (χ2n) is 5.19. The van der Waals surface area contributed by atoms with Crippen molar-refractivity contribution in [3.63, 3.8) is 0 Å². The molecule has 1 aromatic carbocycles. The smallest absolute Gasteiger partial charge is 0.0622 e. The van der Waals surface area contributed by atoms with Crippen molar-refractivity contribution in [3.8, 4) is 0 Å². The van der Waals surface area contributed by atoms with E-state index in [2.05, 4.69) is 66.3 Å². The predicted octanol–water partition coefficient (Wildman–Crippen LogP) is 4.55. The van der Waals surface area contributed by atoms with E-state index in [0.717, 1.165) is 24.1 Å². The zero-order valence-corrected chi connectivity index (χ0v) is 14.0. The molecule has 0 saturated heterocycles. The molecule has 0 aliphatic rings. The van der Waals surface area contributed by atoms with E-state index < -0.39 is 0 Å². The van der Waals surface area contributed by atoms with E-state index in [1.54, 1.807) is 0 Å². The Morgan fingerprint density at radius 3 is 2.53 bits per heavy atom. The van der Waals surface area contributed by atoms with Gasteiger partial charge in [0.1, 0.15) is 0 Å². The zero-order chi connectivity index (χ0) is 14.3. The van der Waals surface area contributed by atoms with Crippen molar-refractivity contribution in [1.29, 1.82) is 0 Å². The van der Waals surface area contributed by atoms with Crippen LogP contribution in [0.15, 0.2) is 28.7 Å². The first-order chi connectivity index (χ1) is 9.08. The number of hydrogen-bond acceptors (Lipinski definition) is 2. The average Bonchev–Trinajstić information content (AvgIpc) is 2.38. The van der Waals surface area contributed by atoms with Gasteiger partial charge < -0.3 is 10.1 Å². The van der Waals surface area contributed by atoms with E-state index in [-0.39, 0.29) is 0 Å². The maximum Gasteiger partial charge on any atom is 0.0622 e. The highest BCUT2D eigenvalue weighted by atomic mass is 79.9. The van der Waals surface area contributed by atoms with Crippen LogP contribution < -0.4 is 5.32 Å². The van der Waals surface area contributed by atoms with Gasteiger partial charge in [0.15, 0.2) is 0 Å². The minimum Gasteiger partial charge on any atom is -0.380 e. The number of ether oxygens (including phenoxy) is 1. The molecule has 1 aromatic rings. The van der Waals surface area contributed by atoms with Gasteiger partial charge in [-0.1, -0.05) is 48.8 Å². The van der Waals surface area contributed by atoms with Crippen molar-refractivity contribution in [2.45, 2.75) is 46.2 Å². The summed E-state index contributed by atoms with van der Waals surface area (Å²) in [6.45, 7) is 10.3. The summed E-state index contributed by atoms with van der Waals surface area (Å²) in [6, 6.07) is 9.31. The highest BCUT2D eigenvalue weighted by Gasteiger charge is 2.18. The molecule has 0 aliphatic heterocycles. The molecular weight excluding hydrogens is 302 g/mol. The molecule has 0 aromatic heterocycles. The maximum atomic E-state index is 5.59. The van der Waals surface area contributed by atoms with E-state index in [0.29, 0.717) is 18.0 Å². The van der Waals surface area contributed by atoms with Crippen LogP contribution in [-0.2, 0) is 4.74 Å². The molecule has 0 fully saturated rings. The van der Waals surface area contributed by atoms with Gasteiger partial charge in [0, 0.05) is 23.2 Å². The molecule has 2 nitrogen and oxygen atoms in total. The fraction of sp³-hybridized carbons (Fsp3) is 0.625. The molecule has 2 atom stereocenters. The number of hydrogen-bond donors (Lipinski definition) is 1. The lowest BCUT2D eigenvalue weighted by molar-refractivity contribution is 0.103. The SMILES string of the molecule is CCOCC(NC(CC)c1cccc(Br)c1)C(C)C. The fourth-order valence-electron chi connectivity index (χ4n) is 2.11. The Morgan fingerprint density at radius 2 is 2.00 bits per heavy atom. The van der Waals surface area contributed by atoms with Crippen LogP contribution in [-0.4, -0.2) is 19.3 Å². The lowest BCUT2D eigenvalue weighted by Gasteiger charge is -2.28. The summed E-state index contributed by atoms with van der Waals surface area (Å²) >= 11 is 3.54. The summed E-state index contributed by atoms with van der Waals surface area (Å²) in [5.74, 6) is 0.563. The van der Waals surface area contributed by atoms with Gasteiger partial charge in [-0.05, 0) is 37.0 Å². The first-order valence-corrected chi connectivity index (χ1v) is 7.97. The van der Waals surface area contributed by atoms with Crippen LogP contribution in [0.2, 0.25) is 0 Å². The first-order valence-electron chi connectivity index (χ1n) is 7.17. The van der Waals surface area contributed by atoms with Crippen LogP contribution in [0.3, 0.4) is 0 Å². The van der Waals surface area contributed by atoms with Gasteiger partial charge in [0.05, 0.1) is 6.61 Å². The maximum absolute atomic E-state index is 5.59. The molecular formula is C16H26BrNO. The first kappa shape index (κ1) is 16.7. The molecule has 0 spiro atoms. The Hall–Kier alpha value is -0.380. The van der Waals surface area contributed by atoms with Gasteiger partial charge in [-0.25, -0.2) is 0 Å². The van der Waals surface area contributed by atoms with E-state index in [1.807, 2.05) is 6.92 Å². The lowest BCUT2D eigenvalue weighted by Crippen LogP contribution is -2.40. The molecule has 0 amide bonds. The fourth-order valence-corrected chi connectivity index (χ4v) is 2.53. The highest BCUT2D eigenvalue weighted by Crippen LogP contribution is 2.22. The van der Waals surface area contributed by atoms with Crippen LogP contribution in [0.4, 0.5) is 0 Å². The summed E-state index contributed by atoms with van der Waals surface area (Å²) in [6.07, 6.45) is 1.08. The summed E-state index contributed by atoms with van der Waals surface area (Å²) in [5.41, 5.74) is 1.33. The van der Waals surface area contributed by atoms with Gasteiger partial charge in [0.25, 0.3) is 0 Å². The molecule has 0 saturated carbocycles. The van der Waals surface area contributed by atoms with Crippen LogP contribution in [0, 0.1) is 5.92 Å². The Kier molecular flexibility index (Phi) is 7.66. The van der Waals surface area contributed by atoms with Crippen molar-refractivity contribution in [1.82, 2.24) is 5.32 Å². The van der Waals surface area contributed by atoms with Crippen molar-refractivity contribution < 1.29 is 4.74 Å². The molecule has 19 heavy (non-hydrogen) atoms. The minimum absolute atomic E-state index is 0.380. The van der Waals surface area contributed by atoms with Gasteiger partial charge >= 0.3 is 0 Å². The quantitative estimate of drug-likeness (QED) is 0.756. The second-order valence-corrected chi connectivity index (χ2v) is 6.11. The van der Waals surface area contributed by atoms with Gasteiger partial charge in [-0.3, -0.25) is 0 Å². The third-order valence-corrected chi connectivity index (χ3v) is 3.87. The monoisotopic (exact) mass is 327 g/mol. The highest BCUT2D eigenvalue weighted by molar-refractivity contribution is 9.10. The molecule has 108 valence electrons. The van der Waals surface area contributed by atoms with Crippen molar-refractivity contribution >= 4 is 15.9 Å². The Labute approximate surface area is 126 Å². The average molecular weight is 328 g/mol. The molecule has 0 aliphatic carbocycles. The number of rotatable bonds is 8. The summed E-state index contributed by atoms with van der Waals surface area (Å²) in [5, 5.41) is 3.74. The van der Waals surface area contributed by atoms with Crippen LogP contribution in [0.1, 0.15) is 45.7 Å². The van der Waals surface area contributed by atoms with Gasteiger partial charge in [-0.15, -0.1) is 0 Å². The predicted molar refractivity (Wildman–Crippen MR) is 85.4 cm³/mol. The summed E-state index contributed by atoms with van der Waals surface area (Å²) < 4.78 is 6.73. The third-order valence-electron chi connectivity index (χ3n) is 3.38. The Morgan fingerprint density at radius 1 is 1.26 bits per heavy atom. The lowest BCUT2D eigenvalue weighted by atomic mass is 9.99.